The van der Waals surface area contributed by atoms with Crippen molar-refractivity contribution in [3.63, 3.8) is 0 Å². The molecule has 5 nitrogen and oxygen atoms in total. The number of fused-ring (bicyclic) bond motifs is 1. The first kappa shape index (κ1) is 12.6. The SMILES string of the molecule is Cc1csc(NN=Cc2ccc3cccnc3c2O)n1. The van der Waals surface area contributed by atoms with Crippen molar-refractivity contribution in [2.24, 2.45) is 5.10 Å². The summed E-state index contributed by atoms with van der Waals surface area (Å²) < 4.78 is 0. The van der Waals surface area contributed by atoms with E-state index in [0.29, 0.717) is 11.1 Å². The zero-order valence-corrected chi connectivity index (χ0v) is 11.6. The fraction of sp³-hybridized carbons (Fsp3) is 0.0714. The van der Waals surface area contributed by atoms with E-state index in [2.05, 4.69) is 20.5 Å². The number of thiazole rings is 1. The molecule has 2 N–H and O–H groups in total. The summed E-state index contributed by atoms with van der Waals surface area (Å²) in [5.41, 5.74) is 4.96. The van der Waals surface area contributed by atoms with Crippen molar-refractivity contribution in [1.29, 1.82) is 0 Å². The Morgan fingerprint density at radius 3 is 3.05 bits per heavy atom. The summed E-state index contributed by atoms with van der Waals surface area (Å²) in [4.78, 5) is 8.40. The van der Waals surface area contributed by atoms with E-state index in [1.54, 1.807) is 18.5 Å². The molecule has 0 saturated carbocycles. The van der Waals surface area contributed by atoms with Crippen LogP contribution in [-0.4, -0.2) is 21.3 Å². The van der Waals surface area contributed by atoms with E-state index in [9.17, 15) is 5.11 Å². The minimum atomic E-state index is 0.129. The van der Waals surface area contributed by atoms with Crippen LogP contribution in [-0.2, 0) is 0 Å². The van der Waals surface area contributed by atoms with Crippen LogP contribution in [0.3, 0.4) is 0 Å². The fourth-order valence-electron chi connectivity index (χ4n) is 1.81. The molecular weight excluding hydrogens is 272 g/mol. The number of anilines is 1. The van der Waals surface area contributed by atoms with Crippen LogP contribution in [0.2, 0.25) is 0 Å². The molecule has 0 saturated heterocycles. The summed E-state index contributed by atoms with van der Waals surface area (Å²) in [6.07, 6.45) is 3.21. The van der Waals surface area contributed by atoms with Gasteiger partial charge < -0.3 is 5.11 Å². The number of nitrogens with one attached hydrogen (secondary N) is 1. The third kappa shape index (κ3) is 2.46. The summed E-state index contributed by atoms with van der Waals surface area (Å²) in [6, 6.07) is 7.44. The van der Waals surface area contributed by atoms with Crippen LogP contribution in [0.5, 0.6) is 5.75 Å². The summed E-state index contributed by atoms with van der Waals surface area (Å²) in [6.45, 7) is 1.92. The van der Waals surface area contributed by atoms with Crippen LogP contribution in [0.25, 0.3) is 10.9 Å². The summed E-state index contributed by atoms with van der Waals surface area (Å²) in [5, 5.41) is 17.8. The Hall–Kier alpha value is -2.47. The Kier molecular flexibility index (Phi) is 3.30. The van der Waals surface area contributed by atoms with Crippen molar-refractivity contribution in [2.45, 2.75) is 6.92 Å². The van der Waals surface area contributed by atoms with Crippen LogP contribution >= 0.6 is 11.3 Å². The lowest BCUT2D eigenvalue weighted by atomic mass is 10.1. The second-order valence-electron chi connectivity index (χ2n) is 4.24. The molecule has 2 aromatic heterocycles. The maximum absolute atomic E-state index is 10.2. The van der Waals surface area contributed by atoms with Gasteiger partial charge in [-0.15, -0.1) is 11.3 Å². The molecule has 3 rings (SSSR count). The van der Waals surface area contributed by atoms with Crippen molar-refractivity contribution in [3.05, 3.63) is 47.1 Å². The topological polar surface area (TPSA) is 70.4 Å². The van der Waals surface area contributed by atoms with Gasteiger partial charge in [-0.05, 0) is 19.1 Å². The van der Waals surface area contributed by atoms with Gasteiger partial charge in [0, 0.05) is 22.5 Å². The van der Waals surface area contributed by atoms with Crippen LogP contribution in [0.15, 0.2) is 40.9 Å². The number of aromatic hydroxyl groups is 1. The summed E-state index contributed by atoms with van der Waals surface area (Å²) in [5.74, 6) is 0.129. The highest BCUT2D eigenvalue weighted by molar-refractivity contribution is 7.13. The molecule has 0 radical (unpaired) electrons. The molecule has 0 fully saturated rings. The average Bonchev–Trinajstić information content (AvgIpc) is 2.87. The first-order chi connectivity index (χ1) is 9.74. The molecule has 0 amide bonds. The highest BCUT2D eigenvalue weighted by Gasteiger charge is 2.05. The van der Waals surface area contributed by atoms with Crippen molar-refractivity contribution >= 4 is 33.6 Å². The Labute approximate surface area is 119 Å². The van der Waals surface area contributed by atoms with Crippen LogP contribution in [0.1, 0.15) is 11.3 Å². The zero-order chi connectivity index (χ0) is 13.9. The van der Waals surface area contributed by atoms with E-state index >= 15 is 0 Å². The van der Waals surface area contributed by atoms with Gasteiger partial charge in [-0.2, -0.15) is 5.10 Å². The van der Waals surface area contributed by atoms with Crippen molar-refractivity contribution < 1.29 is 5.11 Å². The molecule has 1 aromatic carbocycles. The number of phenolic OH excluding ortho intramolecular Hbond substituents is 1. The van der Waals surface area contributed by atoms with E-state index in [-0.39, 0.29) is 5.75 Å². The van der Waals surface area contributed by atoms with Gasteiger partial charge in [0.05, 0.1) is 11.9 Å². The van der Waals surface area contributed by atoms with E-state index in [0.717, 1.165) is 16.2 Å². The number of rotatable bonds is 3. The van der Waals surface area contributed by atoms with Gasteiger partial charge in [0.25, 0.3) is 0 Å². The largest absolute Gasteiger partial charge is 0.505 e. The highest BCUT2D eigenvalue weighted by Crippen LogP contribution is 2.25. The normalized spacial score (nSPS) is 11.2. The average molecular weight is 284 g/mol. The highest BCUT2D eigenvalue weighted by atomic mass is 32.1. The molecule has 100 valence electrons. The predicted molar refractivity (Wildman–Crippen MR) is 81.5 cm³/mol. The molecule has 20 heavy (non-hydrogen) atoms. The summed E-state index contributed by atoms with van der Waals surface area (Å²) >= 11 is 1.48. The molecule has 0 spiro atoms. The number of aromatic nitrogens is 2. The zero-order valence-electron chi connectivity index (χ0n) is 10.7. The lowest BCUT2D eigenvalue weighted by Gasteiger charge is -2.02. The monoisotopic (exact) mass is 284 g/mol. The maximum Gasteiger partial charge on any atom is 0.203 e. The predicted octanol–water partition coefficient (Wildman–Crippen LogP) is 3.15. The molecule has 0 aliphatic heterocycles. The van der Waals surface area contributed by atoms with Crippen molar-refractivity contribution in [1.82, 2.24) is 9.97 Å². The van der Waals surface area contributed by atoms with Crippen molar-refractivity contribution in [2.75, 3.05) is 5.43 Å². The first-order valence-corrected chi connectivity index (χ1v) is 6.90. The molecule has 0 aliphatic carbocycles. The Morgan fingerprint density at radius 2 is 2.25 bits per heavy atom. The molecule has 6 heteroatoms. The van der Waals surface area contributed by atoms with Gasteiger partial charge in [-0.1, -0.05) is 12.1 Å². The molecule has 3 aromatic rings. The number of hydrazone groups is 1. The van der Waals surface area contributed by atoms with Gasteiger partial charge in [0.15, 0.2) is 5.75 Å². The lowest BCUT2D eigenvalue weighted by Crippen LogP contribution is -1.91. The first-order valence-electron chi connectivity index (χ1n) is 6.02. The second kappa shape index (κ2) is 5.26. The maximum atomic E-state index is 10.2. The van der Waals surface area contributed by atoms with Gasteiger partial charge in [0.2, 0.25) is 5.13 Å². The van der Waals surface area contributed by atoms with Crippen LogP contribution < -0.4 is 5.43 Å². The minimum Gasteiger partial charge on any atom is -0.505 e. The van der Waals surface area contributed by atoms with Gasteiger partial charge in [-0.25, -0.2) is 4.98 Å². The van der Waals surface area contributed by atoms with Gasteiger partial charge >= 0.3 is 0 Å². The van der Waals surface area contributed by atoms with E-state index in [1.807, 2.05) is 30.5 Å². The molecule has 0 bridgehead atoms. The third-order valence-corrected chi connectivity index (χ3v) is 3.63. The molecule has 0 atom stereocenters. The van der Waals surface area contributed by atoms with E-state index < -0.39 is 0 Å². The van der Waals surface area contributed by atoms with E-state index in [4.69, 9.17) is 0 Å². The Bertz CT molecular complexity index is 782. The Morgan fingerprint density at radius 1 is 1.35 bits per heavy atom. The summed E-state index contributed by atoms with van der Waals surface area (Å²) in [7, 11) is 0. The van der Waals surface area contributed by atoms with Crippen molar-refractivity contribution in [3.8, 4) is 5.75 Å². The van der Waals surface area contributed by atoms with E-state index in [1.165, 1.54) is 11.3 Å². The number of hydrogen-bond acceptors (Lipinski definition) is 6. The number of aryl methyl sites for hydroxylation is 1. The molecule has 0 aliphatic rings. The molecule has 0 unspecified atom stereocenters. The van der Waals surface area contributed by atoms with Gasteiger partial charge in [-0.3, -0.25) is 10.4 Å². The molecular formula is C14H12N4OS. The number of phenols is 1. The molecule has 2 heterocycles. The smallest absolute Gasteiger partial charge is 0.203 e. The number of hydrogen-bond donors (Lipinski definition) is 2. The number of pyridine rings is 1. The number of nitrogens with zero attached hydrogens (tertiary/aromatic N) is 3. The second-order valence-corrected chi connectivity index (χ2v) is 5.10. The minimum absolute atomic E-state index is 0.129. The van der Waals surface area contributed by atoms with Gasteiger partial charge in [0.1, 0.15) is 5.52 Å². The van der Waals surface area contributed by atoms with Crippen LogP contribution in [0.4, 0.5) is 5.13 Å². The standard InChI is InChI=1S/C14H12N4OS/c1-9-8-20-14(17-9)18-16-7-11-5-4-10-3-2-6-15-12(10)13(11)19/h2-8,19H,1H3,(H,17,18). The van der Waals surface area contributed by atoms with Crippen LogP contribution in [0, 0.1) is 6.92 Å². The third-order valence-electron chi connectivity index (χ3n) is 2.76. The lowest BCUT2D eigenvalue weighted by molar-refractivity contribution is 0.479. The quantitative estimate of drug-likeness (QED) is 0.572. The fourth-order valence-corrected chi connectivity index (χ4v) is 2.45. The Balaban J connectivity index is 1.85. The number of benzene rings is 1.